The van der Waals surface area contributed by atoms with E-state index < -0.39 is 0 Å². The molecule has 0 aliphatic heterocycles. The summed E-state index contributed by atoms with van der Waals surface area (Å²) in [4.78, 5) is 0. The van der Waals surface area contributed by atoms with E-state index in [4.69, 9.17) is 0 Å². The average Bonchev–Trinajstić information content (AvgIpc) is 2.97. The van der Waals surface area contributed by atoms with Crippen molar-refractivity contribution in [3.63, 3.8) is 0 Å². The van der Waals surface area contributed by atoms with Crippen LogP contribution in [-0.4, -0.2) is 0 Å². The van der Waals surface area contributed by atoms with Crippen LogP contribution in [0.5, 0.6) is 0 Å². The molecule has 4 fully saturated rings. The quantitative estimate of drug-likeness (QED) is 0.250. The summed E-state index contributed by atoms with van der Waals surface area (Å²) >= 11 is 0. The van der Waals surface area contributed by atoms with Crippen molar-refractivity contribution in [3.8, 4) is 22.3 Å². The molecule has 5 aromatic rings. The van der Waals surface area contributed by atoms with E-state index in [9.17, 15) is 0 Å². The van der Waals surface area contributed by atoms with Crippen LogP contribution in [0.25, 0.3) is 33.0 Å². The average molecular weight is 506 g/mol. The molecule has 1 nitrogen and oxygen atoms in total. The lowest BCUT2D eigenvalue weighted by Crippen LogP contribution is -2.48. The Labute approximate surface area is 231 Å². The van der Waals surface area contributed by atoms with Crippen LogP contribution in [0.1, 0.15) is 44.1 Å². The van der Waals surface area contributed by atoms with Crippen molar-refractivity contribution < 1.29 is 0 Å². The van der Waals surface area contributed by atoms with Crippen LogP contribution >= 0.6 is 0 Å². The topological polar surface area (TPSA) is 12.0 Å². The van der Waals surface area contributed by atoms with Crippen LogP contribution < -0.4 is 5.32 Å². The Morgan fingerprint density at radius 1 is 0.487 bits per heavy atom. The Morgan fingerprint density at radius 2 is 1.00 bits per heavy atom. The fourth-order valence-electron chi connectivity index (χ4n) is 8.80. The molecule has 0 radical (unpaired) electrons. The predicted molar refractivity (Wildman–Crippen MR) is 164 cm³/mol. The van der Waals surface area contributed by atoms with Crippen LogP contribution in [0.2, 0.25) is 0 Å². The summed E-state index contributed by atoms with van der Waals surface area (Å²) in [6.45, 7) is 0. The lowest BCUT2D eigenvalue weighted by Gasteiger charge is -2.57. The summed E-state index contributed by atoms with van der Waals surface area (Å²) < 4.78 is 0. The van der Waals surface area contributed by atoms with Crippen molar-refractivity contribution in [1.82, 2.24) is 0 Å². The predicted octanol–water partition coefficient (Wildman–Crippen LogP) is 10.4. The van der Waals surface area contributed by atoms with Crippen molar-refractivity contribution in [2.75, 3.05) is 5.32 Å². The summed E-state index contributed by atoms with van der Waals surface area (Å²) in [5, 5.41) is 6.44. The third-order valence-corrected chi connectivity index (χ3v) is 10.0. The number of fused-ring (bicyclic) bond motifs is 1. The SMILES string of the molecule is c1ccc(-c2ccc(-c3ccc(Nc4ccccc4C45CC6CC(CC(C6)C4)C5)cc3)c3ccccc23)cc1. The van der Waals surface area contributed by atoms with Gasteiger partial charge in [0.15, 0.2) is 0 Å². The van der Waals surface area contributed by atoms with Gasteiger partial charge >= 0.3 is 0 Å². The fraction of sp³-hybridized carbons (Fsp3) is 0.263. The first-order chi connectivity index (χ1) is 19.2. The minimum Gasteiger partial charge on any atom is -0.355 e. The van der Waals surface area contributed by atoms with Gasteiger partial charge in [-0.1, -0.05) is 97.1 Å². The Hall–Kier alpha value is -3.84. The maximum absolute atomic E-state index is 3.84. The summed E-state index contributed by atoms with van der Waals surface area (Å²) in [6, 6.07) is 42.3. The largest absolute Gasteiger partial charge is 0.355 e. The summed E-state index contributed by atoms with van der Waals surface area (Å²) in [5.74, 6) is 2.85. The molecule has 39 heavy (non-hydrogen) atoms. The van der Waals surface area contributed by atoms with Crippen LogP contribution in [0.15, 0.2) is 115 Å². The molecule has 0 heterocycles. The number of hydrogen-bond acceptors (Lipinski definition) is 1. The summed E-state index contributed by atoms with van der Waals surface area (Å²) in [7, 11) is 0. The van der Waals surface area contributed by atoms with E-state index in [1.165, 1.54) is 82.9 Å². The number of anilines is 2. The minimum absolute atomic E-state index is 0.387. The third kappa shape index (κ3) is 3.98. The molecule has 0 atom stereocenters. The van der Waals surface area contributed by atoms with Crippen molar-refractivity contribution in [2.45, 2.75) is 43.9 Å². The summed E-state index contributed by atoms with van der Waals surface area (Å²) in [5.41, 5.74) is 9.52. The van der Waals surface area contributed by atoms with Crippen LogP contribution in [0.4, 0.5) is 11.4 Å². The van der Waals surface area contributed by atoms with Crippen molar-refractivity contribution >= 4 is 22.1 Å². The molecule has 4 bridgehead atoms. The van der Waals surface area contributed by atoms with E-state index in [0.717, 1.165) is 17.8 Å². The van der Waals surface area contributed by atoms with Crippen molar-refractivity contribution in [1.29, 1.82) is 0 Å². The zero-order chi connectivity index (χ0) is 25.8. The van der Waals surface area contributed by atoms with Crippen molar-refractivity contribution in [3.05, 3.63) is 121 Å². The minimum atomic E-state index is 0.387. The van der Waals surface area contributed by atoms with Gasteiger partial charge in [0.25, 0.3) is 0 Å². The molecular formula is C38H35N. The molecule has 9 rings (SSSR count). The molecule has 4 aliphatic rings. The molecule has 0 spiro atoms. The number of rotatable bonds is 5. The van der Waals surface area contributed by atoms with Gasteiger partial charge in [0.05, 0.1) is 0 Å². The first-order valence-corrected chi connectivity index (χ1v) is 14.8. The normalized spacial score (nSPS) is 25.2. The highest BCUT2D eigenvalue weighted by Gasteiger charge is 2.52. The first kappa shape index (κ1) is 23.1. The maximum Gasteiger partial charge on any atom is 0.0422 e. The first-order valence-electron chi connectivity index (χ1n) is 14.8. The Bertz CT molecular complexity index is 1610. The van der Waals surface area contributed by atoms with Crippen LogP contribution in [0.3, 0.4) is 0 Å². The fourth-order valence-corrected chi connectivity index (χ4v) is 8.80. The molecule has 4 saturated carbocycles. The van der Waals surface area contributed by atoms with E-state index in [1.807, 2.05) is 0 Å². The monoisotopic (exact) mass is 505 g/mol. The Balaban J connectivity index is 1.11. The number of para-hydroxylation sites is 1. The Kier molecular flexibility index (Phi) is 5.40. The molecule has 4 aliphatic carbocycles. The second-order valence-corrected chi connectivity index (χ2v) is 12.5. The van der Waals surface area contributed by atoms with Crippen molar-refractivity contribution in [2.24, 2.45) is 17.8 Å². The summed E-state index contributed by atoms with van der Waals surface area (Å²) in [6.07, 6.45) is 8.62. The zero-order valence-electron chi connectivity index (χ0n) is 22.4. The van der Waals surface area contributed by atoms with Gasteiger partial charge < -0.3 is 5.32 Å². The second kappa shape index (κ2) is 9.12. The third-order valence-electron chi connectivity index (χ3n) is 10.0. The smallest absolute Gasteiger partial charge is 0.0422 e. The van der Waals surface area contributed by atoms with E-state index in [2.05, 4.69) is 121 Å². The van der Waals surface area contributed by atoms with Gasteiger partial charge in [-0.25, -0.2) is 0 Å². The van der Waals surface area contributed by atoms with Gasteiger partial charge in [0.2, 0.25) is 0 Å². The van der Waals surface area contributed by atoms with Crippen LogP contribution in [0, 0.1) is 17.8 Å². The maximum atomic E-state index is 3.84. The number of benzene rings is 5. The van der Waals surface area contributed by atoms with Gasteiger partial charge in [-0.3, -0.25) is 0 Å². The van der Waals surface area contributed by atoms with Crippen LogP contribution in [-0.2, 0) is 5.41 Å². The molecule has 1 N–H and O–H groups in total. The molecule has 0 unspecified atom stereocenters. The molecular weight excluding hydrogens is 470 g/mol. The number of hydrogen-bond donors (Lipinski definition) is 1. The molecule has 0 saturated heterocycles. The van der Waals surface area contributed by atoms with E-state index in [1.54, 1.807) is 5.56 Å². The molecule has 0 aromatic heterocycles. The molecule has 192 valence electrons. The highest BCUT2D eigenvalue weighted by molar-refractivity contribution is 6.05. The van der Waals surface area contributed by atoms with E-state index >= 15 is 0 Å². The van der Waals surface area contributed by atoms with E-state index in [0.29, 0.717) is 5.41 Å². The Morgan fingerprint density at radius 3 is 1.62 bits per heavy atom. The standard InChI is InChI=1S/C38H35N/c1-2-8-29(9-3-1)32-18-19-33(35-11-5-4-10-34(32)35)30-14-16-31(17-15-30)39-37-13-7-6-12-36(37)38-23-26-20-27(24-38)22-28(21-26)25-38/h1-19,26-28,39H,20-25H2. The lowest BCUT2D eigenvalue weighted by molar-refractivity contribution is -0.00484. The second-order valence-electron chi connectivity index (χ2n) is 12.5. The van der Waals surface area contributed by atoms with E-state index in [-0.39, 0.29) is 0 Å². The highest BCUT2D eigenvalue weighted by Crippen LogP contribution is 2.61. The van der Waals surface area contributed by atoms with Gasteiger partial charge in [-0.2, -0.15) is 0 Å². The van der Waals surface area contributed by atoms with Gasteiger partial charge in [0, 0.05) is 11.4 Å². The van der Waals surface area contributed by atoms with Gasteiger partial charge in [-0.15, -0.1) is 0 Å². The lowest BCUT2D eigenvalue weighted by atomic mass is 9.48. The van der Waals surface area contributed by atoms with Gasteiger partial charge in [0.1, 0.15) is 0 Å². The number of nitrogens with one attached hydrogen (secondary N) is 1. The zero-order valence-corrected chi connectivity index (χ0v) is 22.4. The molecule has 0 amide bonds. The van der Waals surface area contributed by atoms with Gasteiger partial charge in [-0.05, 0) is 118 Å². The molecule has 1 heteroatoms. The highest BCUT2D eigenvalue weighted by atomic mass is 14.9. The molecule has 5 aromatic carbocycles.